The lowest BCUT2D eigenvalue weighted by Gasteiger charge is -2.22. The van der Waals surface area contributed by atoms with Crippen LogP contribution in [0.4, 0.5) is 18.9 Å². The molecule has 5 rings (SSSR count). The van der Waals surface area contributed by atoms with Crippen LogP contribution in [0.5, 0.6) is 5.75 Å². The smallest absolute Gasteiger partial charge is 0.433 e. The summed E-state index contributed by atoms with van der Waals surface area (Å²) in [5, 5.41) is 3.88. The minimum Gasteiger partial charge on any atom is -0.496 e. The fraction of sp³-hybridized carbons (Fsp3) is 0.258. The van der Waals surface area contributed by atoms with Crippen LogP contribution < -0.4 is 10.1 Å². The topological polar surface area (TPSA) is 71.5 Å². The van der Waals surface area contributed by atoms with Gasteiger partial charge in [0.2, 0.25) is 0 Å². The second-order valence-electron chi connectivity index (χ2n) is 9.91. The van der Waals surface area contributed by atoms with Crippen LogP contribution in [0, 0.1) is 6.92 Å². The van der Waals surface area contributed by atoms with Crippen molar-refractivity contribution in [1.82, 2.24) is 9.88 Å². The predicted molar refractivity (Wildman–Crippen MR) is 148 cm³/mol. The van der Waals surface area contributed by atoms with Gasteiger partial charge in [0.1, 0.15) is 11.4 Å². The fourth-order valence-electron chi connectivity index (χ4n) is 5.22. The van der Waals surface area contributed by atoms with Gasteiger partial charge in [0, 0.05) is 29.6 Å². The molecule has 0 spiro atoms. The number of nitrogens with one attached hydrogen (secondary N) is 1. The van der Waals surface area contributed by atoms with E-state index in [0.29, 0.717) is 51.9 Å². The van der Waals surface area contributed by atoms with E-state index in [-0.39, 0.29) is 29.9 Å². The molecular formula is C31H28F3N3O3. The number of halogens is 3. The highest BCUT2D eigenvalue weighted by Gasteiger charge is 2.35. The largest absolute Gasteiger partial charge is 0.496 e. The number of aryl methyl sites for hydroxylation is 1. The number of nitrogens with zero attached hydrogens (tertiary/aromatic N) is 2. The molecule has 2 heterocycles. The third kappa shape index (κ3) is 4.99. The van der Waals surface area contributed by atoms with E-state index < -0.39 is 11.9 Å². The normalized spacial score (nSPS) is 14.0. The van der Waals surface area contributed by atoms with Gasteiger partial charge in [-0.25, -0.2) is 4.98 Å². The number of benzene rings is 3. The van der Waals surface area contributed by atoms with E-state index in [4.69, 9.17) is 4.74 Å². The van der Waals surface area contributed by atoms with Crippen molar-refractivity contribution in [3.05, 3.63) is 89.1 Å². The number of fused-ring (bicyclic) bond motifs is 2. The van der Waals surface area contributed by atoms with E-state index in [1.54, 1.807) is 37.3 Å². The number of pyridine rings is 1. The molecule has 4 aromatic rings. The van der Waals surface area contributed by atoms with Gasteiger partial charge in [0.05, 0.1) is 29.4 Å². The zero-order chi connectivity index (χ0) is 28.6. The molecule has 0 bridgehead atoms. The standard InChI is InChI=1S/C31H28F3N3O3/c1-18-16-25(31(32,33)34)36-28-23(17-24(40-3)27(26(18)28)20-11-5-4-6-12-20)35-19(2)10-9-15-37-29(38)21-13-7-8-14-22(21)30(37)39/h4-8,11-14,16-17,19,35H,9-10,15H2,1-3H3. The van der Waals surface area contributed by atoms with Crippen LogP contribution in [-0.4, -0.2) is 41.4 Å². The maximum absolute atomic E-state index is 13.8. The van der Waals surface area contributed by atoms with Crippen molar-refractivity contribution in [2.75, 3.05) is 19.0 Å². The number of hydrogen-bond acceptors (Lipinski definition) is 5. The van der Waals surface area contributed by atoms with E-state index in [9.17, 15) is 22.8 Å². The SMILES string of the molecule is COc1cc(NC(C)CCCN2C(=O)c3ccccc3C2=O)c2nc(C(F)(F)F)cc(C)c2c1-c1ccccc1. The summed E-state index contributed by atoms with van der Waals surface area (Å²) < 4.78 is 47.0. The van der Waals surface area contributed by atoms with Gasteiger partial charge < -0.3 is 10.1 Å². The molecule has 1 atom stereocenters. The molecule has 2 amide bonds. The number of ether oxygens (including phenoxy) is 1. The lowest BCUT2D eigenvalue weighted by atomic mass is 9.94. The molecule has 3 aromatic carbocycles. The van der Waals surface area contributed by atoms with E-state index >= 15 is 0 Å². The van der Waals surface area contributed by atoms with Crippen LogP contribution in [-0.2, 0) is 6.18 Å². The molecule has 0 aliphatic carbocycles. The second kappa shape index (κ2) is 10.6. The number of methoxy groups -OCH3 is 1. The minimum atomic E-state index is -4.61. The van der Waals surface area contributed by atoms with Crippen LogP contribution in [0.1, 0.15) is 51.7 Å². The number of carbonyl (C=O) groups is 2. The zero-order valence-corrected chi connectivity index (χ0v) is 22.3. The van der Waals surface area contributed by atoms with Crippen LogP contribution in [0.25, 0.3) is 22.0 Å². The third-order valence-electron chi connectivity index (χ3n) is 7.12. The Morgan fingerprint density at radius 1 is 0.975 bits per heavy atom. The summed E-state index contributed by atoms with van der Waals surface area (Å²) in [5.41, 5.74) is 2.33. The minimum absolute atomic E-state index is 0.194. The van der Waals surface area contributed by atoms with Crippen LogP contribution >= 0.6 is 0 Å². The Hall–Kier alpha value is -4.40. The van der Waals surface area contributed by atoms with Crippen LogP contribution in [0.3, 0.4) is 0 Å². The van der Waals surface area contributed by atoms with Gasteiger partial charge in [-0.3, -0.25) is 14.5 Å². The van der Waals surface area contributed by atoms with Gasteiger partial charge in [-0.15, -0.1) is 0 Å². The molecule has 0 radical (unpaired) electrons. The maximum Gasteiger partial charge on any atom is 0.433 e. The fourth-order valence-corrected chi connectivity index (χ4v) is 5.22. The van der Waals surface area contributed by atoms with Gasteiger partial charge in [0.15, 0.2) is 0 Å². The summed E-state index contributed by atoms with van der Waals surface area (Å²) >= 11 is 0. The molecule has 0 fully saturated rings. The number of rotatable bonds is 8. The molecule has 1 N–H and O–H groups in total. The van der Waals surface area contributed by atoms with Gasteiger partial charge in [0.25, 0.3) is 11.8 Å². The Kier molecular flexibility index (Phi) is 7.23. The highest BCUT2D eigenvalue weighted by atomic mass is 19.4. The Morgan fingerprint density at radius 2 is 1.60 bits per heavy atom. The highest BCUT2D eigenvalue weighted by Crippen LogP contribution is 2.43. The van der Waals surface area contributed by atoms with Crippen molar-refractivity contribution in [2.45, 2.75) is 38.9 Å². The molecule has 1 aliphatic heterocycles. The van der Waals surface area contributed by atoms with E-state index in [1.807, 2.05) is 37.3 Å². The Balaban J connectivity index is 1.44. The average Bonchev–Trinajstić information content (AvgIpc) is 3.17. The monoisotopic (exact) mass is 547 g/mol. The molecule has 206 valence electrons. The van der Waals surface area contributed by atoms with Crippen LogP contribution in [0.2, 0.25) is 0 Å². The first-order valence-corrected chi connectivity index (χ1v) is 13.0. The Bertz CT molecular complexity index is 1570. The summed E-state index contributed by atoms with van der Waals surface area (Å²) in [6, 6.07) is 18.6. The van der Waals surface area contributed by atoms with Crippen molar-refractivity contribution >= 4 is 28.4 Å². The summed E-state index contributed by atoms with van der Waals surface area (Å²) in [7, 11) is 1.52. The summed E-state index contributed by atoms with van der Waals surface area (Å²) in [4.78, 5) is 30.6. The maximum atomic E-state index is 13.8. The lowest BCUT2D eigenvalue weighted by molar-refractivity contribution is -0.141. The third-order valence-corrected chi connectivity index (χ3v) is 7.12. The number of amides is 2. The zero-order valence-electron chi connectivity index (χ0n) is 22.3. The highest BCUT2D eigenvalue weighted by molar-refractivity contribution is 6.21. The lowest BCUT2D eigenvalue weighted by Crippen LogP contribution is -2.31. The van der Waals surface area contributed by atoms with Crippen molar-refractivity contribution in [1.29, 1.82) is 0 Å². The average molecular weight is 548 g/mol. The molecule has 0 saturated heterocycles. The molecule has 1 unspecified atom stereocenters. The Labute approximate surface area is 229 Å². The van der Waals surface area contributed by atoms with Gasteiger partial charge in [-0.1, -0.05) is 42.5 Å². The molecule has 6 nitrogen and oxygen atoms in total. The summed E-state index contributed by atoms with van der Waals surface area (Å²) in [5.74, 6) is -0.121. The summed E-state index contributed by atoms with van der Waals surface area (Å²) in [6.45, 7) is 3.78. The van der Waals surface area contributed by atoms with Gasteiger partial charge >= 0.3 is 6.18 Å². The van der Waals surface area contributed by atoms with E-state index in [2.05, 4.69) is 10.3 Å². The molecule has 1 aliphatic rings. The molecule has 0 saturated carbocycles. The first kappa shape index (κ1) is 27.2. The van der Waals surface area contributed by atoms with Crippen molar-refractivity contribution < 1.29 is 27.5 Å². The Morgan fingerprint density at radius 3 is 2.20 bits per heavy atom. The second-order valence-corrected chi connectivity index (χ2v) is 9.91. The number of imide groups is 1. The van der Waals surface area contributed by atoms with Crippen molar-refractivity contribution in [3.63, 3.8) is 0 Å². The molecular weight excluding hydrogens is 519 g/mol. The van der Waals surface area contributed by atoms with Crippen molar-refractivity contribution in [3.8, 4) is 16.9 Å². The first-order valence-electron chi connectivity index (χ1n) is 13.0. The van der Waals surface area contributed by atoms with Gasteiger partial charge in [-0.2, -0.15) is 13.2 Å². The van der Waals surface area contributed by atoms with Gasteiger partial charge in [-0.05, 0) is 56.0 Å². The number of alkyl halides is 3. The van der Waals surface area contributed by atoms with E-state index in [1.165, 1.54) is 12.0 Å². The quantitative estimate of drug-likeness (QED) is 0.238. The number of hydrogen-bond donors (Lipinski definition) is 1. The first-order chi connectivity index (χ1) is 19.1. The number of aromatic nitrogens is 1. The van der Waals surface area contributed by atoms with Crippen molar-refractivity contribution in [2.24, 2.45) is 0 Å². The molecule has 1 aromatic heterocycles. The molecule has 40 heavy (non-hydrogen) atoms. The predicted octanol–water partition coefficient (Wildman–Crippen LogP) is 7.11. The number of anilines is 1. The summed E-state index contributed by atoms with van der Waals surface area (Å²) in [6.07, 6.45) is -3.55. The number of carbonyl (C=O) groups excluding carboxylic acids is 2. The molecule has 9 heteroatoms. The van der Waals surface area contributed by atoms with Crippen LogP contribution in [0.15, 0.2) is 66.7 Å². The van der Waals surface area contributed by atoms with E-state index in [0.717, 1.165) is 11.6 Å².